The molecule has 4 rings (SSSR count). The molecule has 0 radical (unpaired) electrons. The summed E-state index contributed by atoms with van der Waals surface area (Å²) in [6, 6.07) is 2.08. The molecule has 0 heterocycles. The third-order valence-electron chi connectivity index (χ3n) is 7.30. The Hall–Kier alpha value is -1.42. The van der Waals surface area contributed by atoms with Gasteiger partial charge in [-0.3, -0.25) is 0 Å². The first kappa shape index (κ1) is 16.1. The molecule has 5 unspecified atom stereocenters. The van der Waals surface area contributed by atoms with E-state index in [1.54, 1.807) is 14.2 Å². The van der Waals surface area contributed by atoms with E-state index in [1.807, 2.05) is 0 Å². The average Bonchev–Trinajstić information content (AvgIpc) is 2.89. The summed E-state index contributed by atoms with van der Waals surface area (Å²) in [6.45, 7) is 2.28. The van der Waals surface area contributed by atoms with Crippen LogP contribution in [0.1, 0.15) is 56.1 Å². The maximum absolute atomic E-state index is 10.7. The molecular weight excluding hydrogens is 304 g/mol. The minimum Gasteiger partial charge on any atom is -0.504 e. The fourth-order valence-corrected chi connectivity index (χ4v) is 5.99. The first-order valence-electron chi connectivity index (χ1n) is 9.16. The van der Waals surface area contributed by atoms with Crippen LogP contribution in [0.25, 0.3) is 0 Å². The van der Waals surface area contributed by atoms with Gasteiger partial charge in [0.15, 0.2) is 11.5 Å². The third-order valence-corrected chi connectivity index (χ3v) is 7.30. The minimum absolute atomic E-state index is 0.0806. The zero-order chi connectivity index (χ0) is 17.1. The Bertz CT molecular complexity index is 656. The van der Waals surface area contributed by atoms with Gasteiger partial charge in [0, 0.05) is 5.56 Å². The maximum atomic E-state index is 10.7. The molecule has 3 aliphatic carbocycles. The maximum Gasteiger partial charge on any atom is 0.203 e. The van der Waals surface area contributed by atoms with Crippen molar-refractivity contribution in [3.63, 3.8) is 0 Å². The molecule has 3 aliphatic rings. The molecule has 0 spiro atoms. The molecular formula is C20H28O4. The van der Waals surface area contributed by atoms with Crippen molar-refractivity contribution in [2.75, 3.05) is 14.2 Å². The van der Waals surface area contributed by atoms with Gasteiger partial charge in [-0.1, -0.05) is 6.92 Å². The number of ether oxygens (including phenoxy) is 2. The predicted molar refractivity (Wildman–Crippen MR) is 91.8 cm³/mol. The van der Waals surface area contributed by atoms with Gasteiger partial charge in [0.05, 0.1) is 20.3 Å². The number of phenolic OH excluding ortho intramolecular Hbond substituents is 1. The van der Waals surface area contributed by atoms with Crippen molar-refractivity contribution in [3.05, 3.63) is 17.2 Å². The van der Waals surface area contributed by atoms with E-state index >= 15 is 0 Å². The smallest absolute Gasteiger partial charge is 0.203 e. The van der Waals surface area contributed by atoms with Crippen molar-refractivity contribution in [2.24, 2.45) is 17.3 Å². The number of benzene rings is 1. The molecule has 1 aromatic rings. The largest absolute Gasteiger partial charge is 0.504 e. The number of aromatic hydroxyl groups is 1. The summed E-state index contributed by atoms with van der Waals surface area (Å²) >= 11 is 0. The summed E-state index contributed by atoms with van der Waals surface area (Å²) in [7, 11) is 3.19. The topological polar surface area (TPSA) is 58.9 Å². The van der Waals surface area contributed by atoms with Crippen LogP contribution in [-0.4, -0.2) is 30.5 Å². The van der Waals surface area contributed by atoms with Gasteiger partial charge in [-0.05, 0) is 73.3 Å². The van der Waals surface area contributed by atoms with Crippen LogP contribution in [0.5, 0.6) is 17.2 Å². The number of aliphatic hydroxyl groups excluding tert-OH is 1. The molecule has 2 fully saturated rings. The Labute approximate surface area is 143 Å². The van der Waals surface area contributed by atoms with Gasteiger partial charge in [0.25, 0.3) is 0 Å². The average molecular weight is 332 g/mol. The Morgan fingerprint density at radius 1 is 1.12 bits per heavy atom. The summed E-state index contributed by atoms with van der Waals surface area (Å²) in [6.07, 6.45) is 6.04. The van der Waals surface area contributed by atoms with Crippen molar-refractivity contribution in [1.82, 2.24) is 0 Å². The Balaban J connectivity index is 1.76. The lowest BCUT2D eigenvalue weighted by molar-refractivity contribution is -0.0227. The standard InChI is InChI=1S/C20H28O4/c1-20-9-8-11-12(15(20)6-7-17(20)21)4-5-13-14(11)10-16(23-2)19(24-3)18(13)22/h10-12,15,17,21-22H,4-9H2,1-3H3. The molecule has 4 heteroatoms. The quantitative estimate of drug-likeness (QED) is 0.868. The molecule has 2 saturated carbocycles. The molecule has 1 aromatic carbocycles. The normalized spacial score (nSPS) is 37.3. The molecule has 4 nitrogen and oxygen atoms in total. The van der Waals surface area contributed by atoms with Crippen molar-refractivity contribution in [3.8, 4) is 17.2 Å². The van der Waals surface area contributed by atoms with E-state index in [4.69, 9.17) is 9.47 Å². The van der Waals surface area contributed by atoms with Crippen LogP contribution >= 0.6 is 0 Å². The van der Waals surface area contributed by atoms with Crippen LogP contribution in [0.2, 0.25) is 0 Å². The third kappa shape index (κ3) is 2.01. The number of rotatable bonds is 2. The summed E-state index contributed by atoms with van der Waals surface area (Å²) in [5, 5.41) is 21.2. The highest BCUT2D eigenvalue weighted by Crippen LogP contribution is 2.62. The van der Waals surface area contributed by atoms with Gasteiger partial charge >= 0.3 is 0 Å². The van der Waals surface area contributed by atoms with E-state index in [9.17, 15) is 10.2 Å². The van der Waals surface area contributed by atoms with Crippen molar-refractivity contribution in [1.29, 1.82) is 0 Å². The van der Waals surface area contributed by atoms with E-state index in [0.717, 1.165) is 44.1 Å². The lowest BCUT2D eigenvalue weighted by Gasteiger charge is -2.50. The second-order valence-electron chi connectivity index (χ2n) is 8.08. The molecule has 24 heavy (non-hydrogen) atoms. The van der Waals surface area contributed by atoms with Gasteiger partial charge in [-0.25, -0.2) is 0 Å². The summed E-state index contributed by atoms with van der Waals surface area (Å²) in [5.41, 5.74) is 2.36. The molecule has 0 bridgehead atoms. The SMILES string of the molecule is COc1cc2c(c(O)c1OC)CCC1C2CCC2(C)C(O)CCC12. The number of hydrogen-bond acceptors (Lipinski definition) is 4. The predicted octanol–water partition coefficient (Wildman–Crippen LogP) is 3.63. The lowest BCUT2D eigenvalue weighted by atomic mass is 9.55. The molecule has 0 aromatic heterocycles. The van der Waals surface area contributed by atoms with Gasteiger partial charge < -0.3 is 19.7 Å². The van der Waals surface area contributed by atoms with Crippen molar-refractivity contribution < 1.29 is 19.7 Å². The van der Waals surface area contributed by atoms with E-state index in [2.05, 4.69) is 13.0 Å². The van der Waals surface area contributed by atoms with Crippen LogP contribution in [0.15, 0.2) is 6.07 Å². The van der Waals surface area contributed by atoms with Gasteiger partial charge in [-0.15, -0.1) is 0 Å². The fourth-order valence-electron chi connectivity index (χ4n) is 5.99. The molecule has 132 valence electrons. The van der Waals surface area contributed by atoms with Crippen LogP contribution in [0.4, 0.5) is 0 Å². The fraction of sp³-hybridized carbons (Fsp3) is 0.700. The zero-order valence-corrected chi connectivity index (χ0v) is 14.8. The minimum atomic E-state index is -0.149. The Morgan fingerprint density at radius 3 is 2.62 bits per heavy atom. The number of hydrogen-bond donors (Lipinski definition) is 2. The summed E-state index contributed by atoms with van der Waals surface area (Å²) in [4.78, 5) is 0. The van der Waals surface area contributed by atoms with Gasteiger partial charge in [0.1, 0.15) is 0 Å². The van der Waals surface area contributed by atoms with Crippen LogP contribution in [0.3, 0.4) is 0 Å². The zero-order valence-electron chi connectivity index (χ0n) is 14.8. The van der Waals surface area contributed by atoms with Crippen LogP contribution in [0, 0.1) is 17.3 Å². The van der Waals surface area contributed by atoms with E-state index < -0.39 is 0 Å². The number of methoxy groups -OCH3 is 2. The number of aliphatic hydroxyl groups is 1. The second-order valence-corrected chi connectivity index (χ2v) is 8.08. The second kappa shape index (κ2) is 5.55. The van der Waals surface area contributed by atoms with E-state index in [1.165, 1.54) is 5.56 Å². The van der Waals surface area contributed by atoms with Gasteiger partial charge in [-0.2, -0.15) is 0 Å². The number of phenols is 1. The van der Waals surface area contributed by atoms with Crippen LogP contribution < -0.4 is 9.47 Å². The highest BCUT2D eigenvalue weighted by Gasteiger charge is 2.54. The highest BCUT2D eigenvalue weighted by atomic mass is 16.5. The van der Waals surface area contributed by atoms with Crippen molar-refractivity contribution >= 4 is 0 Å². The molecule has 0 saturated heterocycles. The molecule has 0 aliphatic heterocycles. The molecule has 5 atom stereocenters. The Kier molecular flexibility index (Phi) is 3.72. The first-order valence-corrected chi connectivity index (χ1v) is 9.16. The summed E-state index contributed by atoms with van der Waals surface area (Å²) < 4.78 is 10.8. The van der Waals surface area contributed by atoms with Crippen LogP contribution in [-0.2, 0) is 6.42 Å². The lowest BCUT2D eigenvalue weighted by Crippen LogP contribution is -2.43. The number of fused-ring (bicyclic) bond motifs is 5. The highest BCUT2D eigenvalue weighted by molar-refractivity contribution is 5.60. The van der Waals surface area contributed by atoms with Gasteiger partial charge in [0.2, 0.25) is 5.75 Å². The summed E-state index contributed by atoms with van der Waals surface area (Å²) in [5.74, 6) is 2.98. The molecule has 2 N–H and O–H groups in total. The molecule has 0 amide bonds. The van der Waals surface area contributed by atoms with Crippen molar-refractivity contribution in [2.45, 2.75) is 57.5 Å². The monoisotopic (exact) mass is 332 g/mol. The Morgan fingerprint density at radius 2 is 1.92 bits per heavy atom. The van der Waals surface area contributed by atoms with E-state index in [-0.39, 0.29) is 17.3 Å². The first-order chi connectivity index (χ1) is 11.5. The van der Waals surface area contributed by atoms with E-state index in [0.29, 0.717) is 29.3 Å².